The van der Waals surface area contributed by atoms with Crippen LogP contribution in [0.5, 0.6) is 0 Å². The van der Waals surface area contributed by atoms with Crippen molar-refractivity contribution in [1.29, 1.82) is 0 Å². The number of halogens is 3. The molecule has 0 amide bonds. The summed E-state index contributed by atoms with van der Waals surface area (Å²) in [5.41, 5.74) is 0. The summed E-state index contributed by atoms with van der Waals surface area (Å²) in [6.07, 6.45) is 0.0468. The van der Waals surface area contributed by atoms with E-state index in [0.29, 0.717) is 0 Å². The predicted octanol–water partition coefficient (Wildman–Crippen LogP) is 2.79. The third-order valence-electron chi connectivity index (χ3n) is 2.12. The summed E-state index contributed by atoms with van der Waals surface area (Å²) in [6, 6.07) is 2.38. The Balaban J connectivity index is 2.83. The molecule has 0 aliphatic rings. The number of rotatable bonds is 6. The Bertz CT molecular complexity index is 589. The average Bonchev–Trinajstić information content (AvgIpc) is 2.29. The maximum atomic E-state index is 11.9. The Morgan fingerprint density at radius 2 is 1.74 bits per heavy atom. The maximum Gasteiger partial charge on any atom is 0.303 e. The molecule has 0 saturated heterocycles. The fourth-order valence-corrected chi connectivity index (χ4v) is 3.31. The lowest BCUT2D eigenvalue weighted by molar-refractivity contribution is -0.137. The van der Waals surface area contributed by atoms with Crippen LogP contribution in [0.2, 0.25) is 15.1 Å². The van der Waals surface area contributed by atoms with Crippen LogP contribution in [-0.2, 0) is 14.8 Å². The highest BCUT2D eigenvalue weighted by atomic mass is 35.5. The van der Waals surface area contributed by atoms with Gasteiger partial charge in [-0.05, 0) is 18.6 Å². The van der Waals surface area contributed by atoms with Crippen LogP contribution in [0, 0.1) is 0 Å². The molecule has 1 aromatic carbocycles. The Morgan fingerprint density at radius 1 is 1.16 bits per heavy atom. The van der Waals surface area contributed by atoms with Gasteiger partial charge in [-0.2, -0.15) is 0 Å². The standard InChI is InChI=1S/C10H10Cl3NO4S/c11-6-4-8(13)9(5-7(6)12)19(17,18)14-3-1-2-10(15)16/h4-5,14H,1-3H2,(H,15,16). The van der Waals surface area contributed by atoms with Crippen molar-refractivity contribution >= 4 is 50.8 Å². The molecule has 0 spiro atoms. The van der Waals surface area contributed by atoms with Gasteiger partial charge in [0.25, 0.3) is 0 Å². The molecular formula is C10H10Cl3NO4S. The third-order valence-corrected chi connectivity index (χ3v) is 4.77. The first-order valence-corrected chi connectivity index (χ1v) is 7.72. The first-order valence-electron chi connectivity index (χ1n) is 5.10. The maximum absolute atomic E-state index is 11.9. The van der Waals surface area contributed by atoms with Crippen LogP contribution in [0.1, 0.15) is 12.8 Å². The van der Waals surface area contributed by atoms with E-state index in [1.807, 2.05) is 0 Å². The summed E-state index contributed by atoms with van der Waals surface area (Å²) in [7, 11) is -3.85. The molecule has 0 fully saturated rings. The molecule has 1 rings (SSSR count). The number of carboxylic acid groups (broad SMARTS) is 1. The second-order valence-corrected chi connectivity index (χ2v) is 6.55. The zero-order valence-electron chi connectivity index (χ0n) is 9.49. The number of hydrogen-bond acceptors (Lipinski definition) is 3. The number of carbonyl (C=O) groups is 1. The summed E-state index contributed by atoms with van der Waals surface area (Å²) in [4.78, 5) is 10.1. The molecule has 0 aromatic heterocycles. The Labute approximate surface area is 125 Å². The molecule has 19 heavy (non-hydrogen) atoms. The van der Waals surface area contributed by atoms with Crippen LogP contribution in [0.3, 0.4) is 0 Å². The minimum Gasteiger partial charge on any atom is -0.481 e. The Hall–Kier alpha value is -0.530. The van der Waals surface area contributed by atoms with Gasteiger partial charge < -0.3 is 5.11 Å². The van der Waals surface area contributed by atoms with Gasteiger partial charge in [0.1, 0.15) is 4.90 Å². The smallest absolute Gasteiger partial charge is 0.303 e. The largest absolute Gasteiger partial charge is 0.481 e. The minimum atomic E-state index is -3.85. The molecule has 106 valence electrons. The van der Waals surface area contributed by atoms with E-state index in [1.54, 1.807) is 0 Å². The lowest BCUT2D eigenvalue weighted by Crippen LogP contribution is -2.25. The van der Waals surface area contributed by atoms with Crippen molar-refractivity contribution in [1.82, 2.24) is 4.72 Å². The zero-order chi connectivity index (χ0) is 14.6. The molecule has 1 aromatic rings. The highest BCUT2D eigenvalue weighted by Gasteiger charge is 2.19. The molecule has 0 heterocycles. The molecule has 2 N–H and O–H groups in total. The highest BCUT2D eigenvalue weighted by Crippen LogP contribution is 2.31. The molecule has 0 atom stereocenters. The van der Waals surface area contributed by atoms with E-state index in [-0.39, 0.29) is 39.3 Å². The van der Waals surface area contributed by atoms with Crippen molar-refractivity contribution in [3.05, 3.63) is 27.2 Å². The van der Waals surface area contributed by atoms with Gasteiger partial charge in [0, 0.05) is 13.0 Å². The number of benzene rings is 1. The SMILES string of the molecule is O=C(O)CCCNS(=O)(=O)c1cc(Cl)c(Cl)cc1Cl. The van der Waals surface area contributed by atoms with Gasteiger partial charge in [-0.1, -0.05) is 34.8 Å². The molecule has 9 heteroatoms. The zero-order valence-corrected chi connectivity index (χ0v) is 12.6. The summed E-state index contributed by atoms with van der Waals surface area (Å²) in [6.45, 7) is -0.00872. The lowest BCUT2D eigenvalue weighted by Gasteiger charge is -2.09. The number of carboxylic acids is 1. The van der Waals surface area contributed by atoms with E-state index in [9.17, 15) is 13.2 Å². The first kappa shape index (κ1) is 16.5. The van der Waals surface area contributed by atoms with Crippen LogP contribution >= 0.6 is 34.8 Å². The van der Waals surface area contributed by atoms with Crippen LogP contribution in [-0.4, -0.2) is 26.0 Å². The van der Waals surface area contributed by atoms with E-state index < -0.39 is 16.0 Å². The van der Waals surface area contributed by atoms with Crippen molar-refractivity contribution < 1.29 is 18.3 Å². The first-order chi connectivity index (χ1) is 8.74. The molecular weight excluding hydrogens is 337 g/mol. The summed E-state index contributed by atoms with van der Waals surface area (Å²) in [5.74, 6) is -0.994. The quantitative estimate of drug-likeness (QED) is 0.613. The molecule has 0 aliphatic carbocycles. The van der Waals surface area contributed by atoms with Crippen molar-refractivity contribution in [2.45, 2.75) is 17.7 Å². The number of sulfonamides is 1. The van der Waals surface area contributed by atoms with Gasteiger partial charge >= 0.3 is 5.97 Å². The van der Waals surface area contributed by atoms with E-state index in [4.69, 9.17) is 39.9 Å². The lowest BCUT2D eigenvalue weighted by atomic mass is 10.3. The molecule has 0 unspecified atom stereocenters. The summed E-state index contributed by atoms with van der Waals surface area (Å²) >= 11 is 17.2. The van der Waals surface area contributed by atoms with Gasteiger partial charge in [-0.25, -0.2) is 13.1 Å². The molecule has 0 radical (unpaired) electrons. The fourth-order valence-electron chi connectivity index (χ4n) is 1.23. The monoisotopic (exact) mass is 345 g/mol. The highest BCUT2D eigenvalue weighted by molar-refractivity contribution is 7.89. The van der Waals surface area contributed by atoms with Gasteiger partial charge in [0.15, 0.2) is 0 Å². The molecule has 0 saturated carbocycles. The van der Waals surface area contributed by atoms with E-state index >= 15 is 0 Å². The third kappa shape index (κ3) is 4.81. The van der Waals surface area contributed by atoms with Crippen molar-refractivity contribution in [2.75, 3.05) is 6.54 Å². The molecule has 0 bridgehead atoms. The van der Waals surface area contributed by atoms with E-state index in [1.165, 1.54) is 6.07 Å². The van der Waals surface area contributed by atoms with Gasteiger partial charge in [-0.3, -0.25) is 4.79 Å². The topological polar surface area (TPSA) is 83.5 Å². The van der Waals surface area contributed by atoms with Crippen molar-refractivity contribution in [2.24, 2.45) is 0 Å². The number of hydrogen-bond donors (Lipinski definition) is 2. The average molecular weight is 347 g/mol. The van der Waals surface area contributed by atoms with Gasteiger partial charge in [0.05, 0.1) is 15.1 Å². The minimum absolute atomic E-state index is 0.00872. The van der Waals surface area contributed by atoms with E-state index in [0.717, 1.165) is 6.07 Å². The summed E-state index contributed by atoms with van der Waals surface area (Å²) < 4.78 is 26.1. The summed E-state index contributed by atoms with van der Waals surface area (Å²) in [5, 5.41) is 8.60. The number of nitrogens with one attached hydrogen (secondary N) is 1. The number of aliphatic carboxylic acids is 1. The normalized spacial score (nSPS) is 11.5. The van der Waals surface area contributed by atoms with Gasteiger partial charge in [0.2, 0.25) is 10.0 Å². The van der Waals surface area contributed by atoms with Crippen LogP contribution in [0.4, 0.5) is 0 Å². The van der Waals surface area contributed by atoms with Crippen molar-refractivity contribution in [3.8, 4) is 0 Å². The predicted molar refractivity (Wildman–Crippen MR) is 73.5 cm³/mol. The van der Waals surface area contributed by atoms with Crippen LogP contribution in [0.15, 0.2) is 17.0 Å². The molecule has 5 nitrogen and oxygen atoms in total. The van der Waals surface area contributed by atoms with Crippen LogP contribution < -0.4 is 4.72 Å². The molecule has 0 aliphatic heterocycles. The second-order valence-electron chi connectivity index (χ2n) is 3.59. The Morgan fingerprint density at radius 3 is 2.32 bits per heavy atom. The van der Waals surface area contributed by atoms with Gasteiger partial charge in [-0.15, -0.1) is 0 Å². The second kappa shape index (κ2) is 6.76. The van der Waals surface area contributed by atoms with E-state index in [2.05, 4.69) is 4.72 Å². The van der Waals surface area contributed by atoms with Crippen LogP contribution in [0.25, 0.3) is 0 Å². The Kier molecular flexibility index (Phi) is 5.88. The fraction of sp³-hybridized carbons (Fsp3) is 0.300. The van der Waals surface area contributed by atoms with Crippen molar-refractivity contribution in [3.63, 3.8) is 0 Å².